The summed E-state index contributed by atoms with van der Waals surface area (Å²) >= 11 is 1.41. The molecule has 0 aromatic heterocycles. The highest BCUT2D eigenvalue weighted by atomic mass is 32.2. The van der Waals surface area contributed by atoms with Gasteiger partial charge in [0.1, 0.15) is 5.75 Å². The Morgan fingerprint density at radius 2 is 1.88 bits per heavy atom. The lowest BCUT2D eigenvalue weighted by atomic mass is 10.2. The number of rotatable bonds is 4. The molecule has 26 heavy (non-hydrogen) atoms. The summed E-state index contributed by atoms with van der Waals surface area (Å²) in [5.41, 5.74) is -0.313. The highest BCUT2D eigenvalue weighted by Crippen LogP contribution is 2.44. The first kappa shape index (κ1) is 19.1. The number of para-hydroxylation sites is 1. The van der Waals surface area contributed by atoms with Crippen molar-refractivity contribution in [3.8, 4) is 5.75 Å². The van der Waals surface area contributed by atoms with Gasteiger partial charge in [0, 0.05) is 17.9 Å². The van der Waals surface area contributed by atoms with E-state index in [0.717, 1.165) is 12.1 Å². The number of thioether (sulfide) groups is 1. The number of ether oxygens (including phenoxy) is 1. The van der Waals surface area contributed by atoms with Crippen LogP contribution in [0, 0.1) is 0 Å². The van der Waals surface area contributed by atoms with Crippen LogP contribution in [0.2, 0.25) is 0 Å². The Kier molecular flexibility index (Phi) is 5.23. The second kappa shape index (κ2) is 7.13. The molecule has 0 radical (unpaired) electrons. The standard InChI is InChI=1S/C17H16F3NO3S2/c1-24-15-8-3-2-7-14(15)16-21(9-10-25-16)26(22,23)13-6-4-5-12(11-13)17(18,19)20/h2-8,11,16H,9-10H2,1H3/t16-/m1/s1. The predicted octanol–water partition coefficient (Wildman–Crippen LogP) is 4.15. The summed E-state index contributed by atoms with van der Waals surface area (Å²) in [5.74, 6) is 1.08. The molecule has 1 aliphatic rings. The normalized spacial score (nSPS) is 18.8. The van der Waals surface area contributed by atoms with Gasteiger partial charge in [-0.05, 0) is 24.3 Å². The summed E-state index contributed by atoms with van der Waals surface area (Å²) in [6, 6.07) is 10.9. The fourth-order valence-corrected chi connectivity index (χ4v) is 6.09. The van der Waals surface area contributed by atoms with Gasteiger partial charge >= 0.3 is 6.18 Å². The van der Waals surface area contributed by atoms with Crippen molar-refractivity contribution in [2.24, 2.45) is 0 Å². The zero-order valence-corrected chi connectivity index (χ0v) is 15.4. The molecule has 0 saturated carbocycles. The third-order valence-corrected chi connectivity index (χ3v) is 7.26. The van der Waals surface area contributed by atoms with Gasteiger partial charge in [-0.3, -0.25) is 0 Å². The molecule has 2 aromatic rings. The largest absolute Gasteiger partial charge is 0.496 e. The van der Waals surface area contributed by atoms with Crippen molar-refractivity contribution in [2.75, 3.05) is 19.4 Å². The van der Waals surface area contributed by atoms with Gasteiger partial charge in [-0.1, -0.05) is 24.3 Å². The summed E-state index contributed by atoms with van der Waals surface area (Å²) in [5, 5.41) is -0.550. The third-order valence-electron chi connectivity index (χ3n) is 4.02. The lowest BCUT2D eigenvalue weighted by Gasteiger charge is -2.25. The Labute approximate surface area is 154 Å². The van der Waals surface area contributed by atoms with Crippen molar-refractivity contribution < 1.29 is 26.3 Å². The maximum atomic E-state index is 13.0. The number of benzene rings is 2. The highest BCUT2D eigenvalue weighted by molar-refractivity contribution is 8.01. The van der Waals surface area contributed by atoms with E-state index in [0.29, 0.717) is 23.1 Å². The average Bonchev–Trinajstić information content (AvgIpc) is 3.11. The number of hydrogen-bond donors (Lipinski definition) is 0. The molecule has 0 bridgehead atoms. The maximum absolute atomic E-state index is 13.0. The van der Waals surface area contributed by atoms with Crippen molar-refractivity contribution in [2.45, 2.75) is 16.4 Å². The monoisotopic (exact) mass is 403 g/mol. The molecule has 1 atom stereocenters. The molecule has 1 fully saturated rings. The van der Waals surface area contributed by atoms with Gasteiger partial charge in [0.25, 0.3) is 0 Å². The number of hydrogen-bond acceptors (Lipinski definition) is 4. The Morgan fingerprint density at radius 1 is 1.15 bits per heavy atom. The second-order valence-corrected chi connectivity index (χ2v) is 8.69. The number of halogens is 3. The molecular weight excluding hydrogens is 387 g/mol. The SMILES string of the molecule is COc1ccccc1[C@H]1SCCN1S(=O)(=O)c1cccc(C(F)(F)F)c1. The van der Waals surface area contributed by atoms with Crippen molar-refractivity contribution in [3.63, 3.8) is 0 Å². The molecule has 1 heterocycles. The smallest absolute Gasteiger partial charge is 0.416 e. The first-order valence-electron chi connectivity index (χ1n) is 7.69. The Morgan fingerprint density at radius 3 is 2.58 bits per heavy atom. The molecule has 3 rings (SSSR count). The van der Waals surface area contributed by atoms with Crippen LogP contribution >= 0.6 is 11.8 Å². The molecule has 0 amide bonds. The van der Waals surface area contributed by atoms with Crippen molar-refractivity contribution in [3.05, 3.63) is 59.7 Å². The average molecular weight is 403 g/mol. The Hall–Kier alpha value is -1.71. The quantitative estimate of drug-likeness (QED) is 0.770. The molecule has 0 N–H and O–H groups in total. The fourth-order valence-electron chi connectivity index (χ4n) is 2.78. The molecule has 0 spiro atoms. The van der Waals surface area contributed by atoms with E-state index in [-0.39, 0.29) is 11.4 Å². The highest BCUT2D eigenvalue weighted by Gasteiger charge is 2.39. The van der Waals surface area contributed by atoms with Crippen LogP contribution in [0.5, 0.6) is 5.75 Å². The molecule has 4 nitrogen and oxygen atoms in total. The number of methoxy groups -OCH3 is 1. The zero-order valence-electron chi connectivity index (χ0n) is 13.7. The van der Waals surface area contributed by atoms with E-state index in [1.165, 1.54) is 29.2 Å². The van der Waals surface area contributed by atoms with Crippen LogP contribution in [0.1, 0.15) is 16.5 Å². The minimum absolute atomic E-state index is 0.214. The van der Waals surface area contributed by atoms with E-state index < -0.39 is 27.1 Å². The van der Waals surface area contributed by atoms with Crippen LogP contribution in [0.4, 0.5) is 13.2 Å². The van der Waals surface area contributed by atoms with Gasteiger partial charge in [-0.15, -0.1) is 11.8 Å². The van der Waals surface area contributed by atoms with Gasteiger partial charge in [-0.2, -0.15) is 17.5 Å². The summed E-state index contributed by atoms with van der Waals surface area (Å²) in [6.45, 7) is 0.214. The van der Waals surface area contributed by atoms with Gasteiger partial charge in [-0.25, -0.2) is 8.42 Å². The Bertz CT molecular complexity index is 900. The molecule has 140 valence electrons. The van der Waals surface area contributed by atoms with E-state index in [9.17, 15) is 21.6 Å². The van der Waals surface area contributed by atoms with Crippen molar-refractivity contribution >= 4 is 21.8 Å². The lowest BCUT2D eigenvalue weighted by Crippen LogP contribution is -2.31. The summed E-state index contributed by atoms with van der Waals surface area (Å²) in [4.78, 5) is -0.366. The predicted molar refractivity (Wildman–Crippen MR) is 93.5 cm³/mol. The zero-order chi connectivity index (χ0) is 18.9. The Balaban J connectivity index is 2.01. The number of alkyl halides is 3. The van der Waals surface area contributed by atoms with E-state index in [4.69, 9.17) is 4.74 Å². The molecule has 2 aromatic carbocycles. The van der Waals surface area contributed by atoms with Crippen molar-refractivity contribution in [1.82, 2.24) is 4.31 Å². The van der Waals surface area contributed by atoms with Crippen LogP contribution in [-0.2, 0) is 16.2 Å². The number of sulfonamides is 1. The van der Waals surface area contributed by atoms with E-state index in [2.05, 4.69) is 0 Å². The maximum Gasteiger partial charge on any atom is 0.416 e. The first-order chi connectivity index (χ1) is 12.2. The van der Waals surface area contributed by atoms with Gasteiger partial charge in [0.15, 0.2) is 0 Å². The summed E-state index contributed by atoms with van der Waals surface area (Å²) in [7, 11) is -2.60. The number of nitrogens with zero attached hydrogens (tertiary/aromatic N) is 1. The minimum atomic E-state index is -4.60. The molecule has 9 heteroatoms. The summed E-state index contributed by atoms with van der Waals surface area (Å²) in [6.07, 6.45) is -4.60. The molecule has 0 unspecified atom stereocenters. The van der Waals surface area contributed by atoms with E-state index in [1.807, 2.05) is 0 Å². The van der Waals surface area contributed by atoms with Gasteiger partial charge in [0.05, 0.1) is 22.9 Å². The second-order valence-electron chi connectivity index (χ2n) is 5.61. The lowest BCUT2D eigenvalue weighted by molar-refractivity contribution is -0.137. The van der Waals surface area contributed by atoms with Crippen LogP contribution < -0.4 is 4.74 Å². The van der Waals surface area contributed by atoms with Gasteiger partial charge in [0.2, 0.25) is 10.0 Å². The fraction of sp³-hybridized carbons (Fsp3) is 0.294. The van der Waals surface area contributed by atoms with Crippen LogP contribution in [0.25, 0.3) is 0 Å². The van der Waals surface area contributed by atoms with Crippen molar-refractivity contribution in [1.29, 1.82) is 0 Å². The van der Waals surface area contributed by atoms with Gasteiger partial charge < -0.3 is 4.74 Å². The van der Waals surface area contributed by atoms with Crippen LogP contribution in [0.3, 0.4) is 0 Å². The topological polar surface area (TPSA) is 46.6 Å². The minimum Gasteiger partial charge on any atom is -0.496 e. The molecule has 1 aliphatic heterocycles. The van der Waals surface area contributed by atoms with E-state index in [1.54, 1.807) is 24.3 Å². The molecular formula is C17H16F3NO3S2. The third kappa shape index (κ3) is 3.56. The van der Waals surface area contributed by atoms with Crippen LogP contribution in [0.15, 0.2) is 53.4 Å². The first-order valence-corrected chi connectivity index (χ1v) is 10.2. The molecule has 0 aliphatic carbocycles. The van der Waals surface area contributed by atoms with E-state index >= 15 is 0 Å². The molecule has 1 saturated heterocycles. The summed E-state index contributed by atoms with van der Waals surface area (Å²) < 4.78 is 71.4. The van der Waals surface area contributed by atoms with Crippen LogP contribution in [-0.4, -0.2) is 32.1 Å².